The SMILES string of the molecule is CCCNc1nc(SC)nc2c1cnn2CCNC(=O)c1ccc(C(C)(C)C)cc1. The number of anilines is 1. The summed E-state index contributed by atoms with van der Waals surface area (Å²) in [5.74, 6) is 0.720. The van der Waals surface area contributed by atoms with Gasteiger partial charge >= 0.3 is 0 Å². The van der Waals surface area contributed by atoms with E-state index >= 15 is 0 Å². The minimum Gasteiger partial charge on any atom is -0.369 e. The lowest BCUT2D eigenvalue weighted by Gasteiger charge is -2.19. The molecule has 3 rings (SSSR count). The molecule has 0 saturated carbocycles. The van der Waals surface area contributed by atoms with Crippen molar-refractivity contribution in [1.29, 1.82) is 0 Å². The molecular weight excluding hydrogens is 396 g/mol. The van der Waals surface area contributed by atoms with Gasteiger partial charge in [-0.25, -0.2) is 14.6 Å². The number of fused-ring (bicyclic) bond motifs is 1. The molecule has 0 aliphatic heterocycles. The highest BCUT2D eigenvalue weighted by atomic mass is 32.2. The van der Waals surface area contributed by atoms with E-state index in [0.29, 0.717) is 23.8 Å². The number of hydrogen-bond donors (Lipinski definition) is 2. The van der Waals surface area contributed by atoms with Gasteiger partial charge in [-0.1, -0.05) is 51.6 Å². The predicted octanol–water partition coefficient (Wildman–Crippen LogP) is 4.10. The molecule has 160 valence electrons. The fourth-order valence-electron chi connectivity index (χ4n) is 3.07. The number of benzene rings is 1. The van der Waals surface area contributed by atoms with Crippen molar-refractivity contribution >= 4 is 34.5 Å². The van der Waals surface area contributed by atoms with Crippen molar-refractivity contribution < 1.29 is 4.79 Å². The predicted molar refractivity (Wildman–Crippen MR) is 123 cm³/mol. The van der Waals surface area contributed by atoms with E-state index in [-0.39, 0.29) is 11.3 Å². The third kappa shape index (κ3) is 5.11. The number of amides is 1. The maximum Gasteiger partial charge on any atom is 0.251 e. The van der Waals surface area contributed by atoms with Crippen LogP contribution < -0.4 is 10.6 Å². The second kappa shape index (κ2) is 9.47. The number of hydrogen-bond acceptors (Lipinski definition) is 6. The summed E-state index contributed by atoms with van der Waals surface area (Å²) in [6.07, 6.45) is 4.75. The number of carbonyl (C=O) groups is 1. The van der Waals surface area contributed by atoms with Crippen LogP contribution in [0.2, 0.25) is 0 Å². The monoisotopic (exact) mass is 426 g/mol. The molecule has 0 unspecified atom stereocenters. The maximum atomic E-state index is 12.5. The second-order valence-corrected chi connectivity index (χ2v) is 8.95. The van der Waals surface area contributed by atoms with Gasteiger partial charge in [0, 0.05) is 18.7 Å². The molecule has 2 heterocycles. The van der Waals surface area contributed by atoms with Crippen molar-refractivity contribution in [3.05, 3.63) is 41.6 Å². The minimum atomic E-state index is -0.0864. The van der Waals surface area contributed by atoms with E-state index in [1.807, 2.05) is 35.2 Å². The normalized spacial score (nSPS) is 11.6. The van der Waals surface area contributed by atoms with Crippen LogP contribution in [-0.4, -0.2) is 45.0 Å². The van der Waals surface area contributed by atoms with Gasteiger partial charge in [0.1, 0.15) is 5.82 Å². The average Bonchev–Trinajstić information content (AvgIpc) is 3.14. The second-order valence-electron chi connectivity index (χ2n) is 8.17. The van der Waals surface area contributed by atoms with Crippen molar-refractivity contribution in [2.24, 2.45) is 0 Å². The molecule has 0 saturated heterocycles. The Morgan fingerprint density at radius 2 is 1.87 bits per heavy atom. The van der Waals surface area contributed by atoms with Crippen LogP contribution in [0.5, 0.6) is 0 Å². The third-order valence-corrected chi connectivity index (χ3v) is 5.37. The highest BCUT2D eigenvalue weighted by Gasteiger charge is 2.15. The van der Waals surface area contributed by atoms with Crippen LogP contribution in [0.3, 0.4) is 0 Å². The van der Waals surface area contributed by atoms with E-state index in [1.54, 1.807) is 6.20 Å². The van der Waals surface area contributed by atoms with Crippen molar-refractivity contribution in [2.75, 3.05) is 24.7 Å². The first-order chi connectivity index (χ1) is 14.3. The van der Waals surface area contributed by atoms with Crippen LogP contribution in [0, 0.1) is 0 Å². The summed E-state index contributed by atoms with van der Waals surface area (Å²) >= 11 is 1.50. The zero-order valence-corrected chi connectivity index (χ0v) is 19.1. The van der Waals surface area contributed by atoms with Crippen LogP contribution in [-0.2, 0) is 12.0 Å². The van der Waals surface area contributed by atoms with E-state index in [1.165, 1.54) is 17.3 Å². The highest BCUT2D eigenvalue weighted by Crippen LogP contribution is 2.24. The summed E-state index contributed by atoms with van der Waals surface area (Å²) in [7, 11) is 0. The number of aromatic nitrogens is 4. The summed E-state index contributed by atoms with van der Waals surface area (Å²) in [4.78, 5) is 21.7. The van der Waals surface area contributed by atoms with Crippen LogP contribution in [0.1, 0.15) is 50.0 Å². The van der Waals surface area contributed by atoms with Crippen LogP contribution in [0.25, 0.3) is 11.0 Å². The van der Waals surface area contributed by atoms with E-state index in [0.717, 1.165) is 29.8 Å². The molecule has 7 nitrogen and oxygen atoms in total. The Balaban J connectivity index is 1.67. The van der Waals surface area contributed by atoms with E-state index in [4.69, 9.17) is 0 Å². The minimum absolute atomic E-state index is 0.0679. The fourth-order valence-corrected chi connectivity index (χ4v) is 3.43. The van der Waals surface area contributed by atoms with Gasteiger partial charge in [0.25, 0.3) is 5.91 Å². The molecule has 0 radical (unpaired) electrons. The molecule has 1 amide bonds. The summed E-state index contributed by atoms with van der Waals surface area (Å²) in [5, 5.41) is 12.4. The highest BCUT2D eigenvalue weighted by molar-refractivity contribution is 7.98. The molecule has 1 aromatic carbocycles. The first-order valence-corrected chi connectivity index (χ1v) is 11.5. The average molecular weight is 427 g/mol. The number of thioether (sulfide) groups is 1. The Labute approximate surface area is 182 Å². The number of nitrogens with zero attached hydrogens (tertiary/aromatic N) is 4. The zero-order valence-electron chi connectivity index (χ0n) is 18.3. The van der Waals surface area contributed by atoms with Crippen molar-refractivity contribution in [1.82, 2.24) is 25.1 Å². The molecule has 2 N–H and O–H groups in total. The molecule has 0 bridgehead atoms. The largest absolute Gasteiger partial charge is 0.369 e. The lowest BCUT2D eigenvalue weighted by Crippen LogP contribution is -2.27. The van der Waals surface area contributed by atoms with Gasteiger partial charge in [0.05, 0.1) is 18.1 Å². The summed E-state index contributed by atoms with van der Waals surface area (Å²) in [5.41, 5.74) is 2.71. The molecule has 0 spiro atoms. The quantitative estimate of drug-likeness (QED) is 0.417. The summed E-state index contributed by atoms with van der Waals surface area (Å²) in [6.45, 7) is 10.4. The van der Waals surface area contributed by atoms with Crippen LogP contribution in [0.15, 0.2) is 35.6 Å². The Kier molecular flexibility index (Phi) is 6.97. The van der Waals surface area contributed by atoms with Crippen LogP contribution >= 0.6 is 11.8 Å². The van der Waals surface area contributed by atoms with Crippen molar-refractivity contribution in [2.45, 2.75) is 51.2 Å². The molecule has 0 aliphatic carbocycles. The molecule has 30 heavy (non-hydrogen) atoms. The molecule has 3 aromatic rings. The number of nitrogens with one attached hydrogen (secondary N) is 2. The van der Waals surface area contributed by atoms with Gasteiger partial charge in [-0.05, 0) is 35.8 Å². The zero-order chi connectivity index (χ0) is 21.7. The molecule has 2 aromatic heterocycles. The molecule has 0 aliphatic rings. The number of carbonyl (C=O) groups excluding carboxylic acids is 1. The Morgan fingerprint density at radius 1 is 1.13 bits per heavy atom. The Bertz CT molecular complexity index is 1010. The first kappa shape index (κ1) is 22.1. The topological polar surface area (TPSA) is 84.7 Å². The molecule has 8 heteroatoms. The molecule has 0 fully saturated rings. The van der Waals surface area contributed by atoms with Crippen molar-refractivity contribution in [3.8, 4) is 0 Å². The number of rotatable bonds is 8. The van der Waals surface area contributed by atoms with E-state index < -0.39 is 0 Å². The summed E-state index contributed by atoms with van der Waals surface area (Å²) < 4.78 is 1.82. The van der Waals surface area contributed by atoms with Gasteiger partial charge in [-0.3, -0.25) is 4.79 Å². The molecular formula is C22H30N6OS. The first-order valence-electron chi connectivity index (χ1n) is 10.2. The Morgan fingerprint density at radius 3 is 2.50 bits per heavy atom. The standard InChI is InChI=1S/C22H30N6OS/c1-6-11-23-18-17-14-25-28(19(17)27-21(26-18)30-5)13-12-24-20(29)15-7-9-16(10-8-15)22(2,3)4/h7-10,14H,6,11-13H2,1-5H3,(H,24,29)(H,23,26,27). The lowest BCUT2D eigenvalue weighted by molar-refractivity contribution is 0.0952. The van der Waals surface area contributed by atoms with Gasteiger partial charge in [-0.2, -0.15) is 5.10 Å². The smallest absolute Gasteiger partial charge is 0.251 e. The van der Waals surface area contributed by atoms with Gasteiger partial charge in [-0.15, -0.1) is 0 Å². The van der Waals surface area contributed by atoms with Crippen molar-refractivity contribution in [3.63, 3.8) is 0 Å². The molecule has 0 atom stereocenters. The van der Waals surface area contributed by atoms with Crippen LogP contribution in [0.4, 0.5) is 5.82 Å². The fraction of sp³-hybridized carbons (Fsp3) is 0.455. The van der Waals surface area contributed by atoms with Gasteiger partial charge < -0.3 is 10.6 Å². The van der Waals surface area contributed by atoms with E-state index in [2.05, 4.69) is 53.4 Å². The lowest BCUT2D eigenvalue weighted by atomic mass is 9.87. The van der Waals surface area contributed by atoms with Gasteiger partial charge in [0.15, 0.2) is 10.8 Å². The summed E-state index contributed by atoms with van der Waals surface area (Å²) in [6, 6.07) is 7.79. The third-order valence-electron chi connectivity index (χ3n) is 4.82. The Hall–Kier alpha value is -2.61. The van der Waals surface area contributed by atoms with Gasteiger partial charge in [0.2, 0.25) is 0 Å². The maximum absolute atomic E-state index is 12.5. The van der Waals surface area contributed by atoms with E-state index in [9.17, 15) is 4.79 Å².